The van der Waals surface area contributed by atoms with Crippen LogP contribution in [0.2, 0.25) is 0 Å². The molecule has 2 rings (SSSR count). The lowest BCUT2D eigenvalue weighted by Crippen LogP contribution is -2.43. The van der Waals surface area contributed by atoms with E-state index in [4.69, 9.17) is 0 Å². The van der Waals surface area contributed by atoms with E-state index in [1.807, 2.05) is 0 Å². The molecular weight excluding hydrogens is 311 g/mol. The first-order valence-corrected chi connectivity index (χ1v) is 7.43. The third-order valence-corrected chi connectivity index (χ3v) is 5.13. The summed E-state index contributed by atoms with van der Waals surface area (Å²) in [6, 6.07) is 0. The molecule has 0 bridgehead atoms. The molecule has 1 amide bonds. The molecule has 0 aromatic rings. The van der Waals surface area contributed by atoms with Crippen molar-refractivity contribution >= 4 is 21.8 Å². The van der Waals surface area contributed by atoms with Crippen LogP contribution in [-0.2, 0) is 4.79 Å². The molecule has 2 aliphatic rings. The standard InChI is InChI=1S/C12H17BrF3NO/c13-7-11(5-6-11)17-10(18)8-1-3-9(4-2-8)12(14,15)16/h8-9H,1-7H2,(H,17,18). The Morgan fingerprint density at radius 2 is 1.78 bits per heavy atom. The summed E-state index contributed by atoms with van der Waals surface area (Å²) in [6.45, 7) is 0. The number of carbonyl (C=O) groups excluding carboxylic acids is 1. The molecule has 6 heteroatoms. The van der Waals surface area contributed by atoms with Crippen molar-refractivity contribution in [3.8, 4) is 0 Å². The van der Waals surface area contributed by atoms with E-state index >= 15 is 0 Å². The highest BCUT2D eigenvalue weighted by Gasteiger charge is 2.46. The average Bonchev–Trinajstić information content (AvgIpc) is 3.08. The third kappa shape index (κ3) is 3.19. The van der Waals surface area contributed by atoms with E-state index in [2.05, 4.69) is 21.2 Å². The number of rotatable bonds is 3. The van der Waals surface area contributed by atoms with Gasteiger partial charge in [-0.1, -0.05) is 15.9 Å². The van der Waals surface area contributed by atoms with Crippen LogP contribution in [0, 0.1) is 11.8 Å². The largest absolute Gasteiger partial charge is 0.391 e. The van der Waals surface area contributed by atoms with Crippen LogP contribution in [0.5, 0.6) is 0 Å². The van der Waals surface area contributed by atoms with E-state index in [9.17, 15) is 18.0 Å². The van der Waals surface area contributed by atoms with Gasteiger partial charge in [-0.15, -0.1) is 0 Å². The van der Waals surface area contributed by atoms with Crippen molar-refractivity contribution in [2.24, 2.45) is 11.8 Å². The smallest absolute Gasteiger partial charge is 0.350 e. The first-order valence-electron chi connectivity index (χ1n) is 6.31. The molecule has 2 fully saturated rings. The molecular formula is C12H17BrF3NO. The van der Waals surface area contributed by atoms with Gasteiger partial charge >= 0.3 is 6.18 Å². The van der Waals surface area contributed by atoms with Crippen molar-refractivity contribution in [3.05, 3.63) is 0 Å². The fourth-order valence-electron chi connectivity index (χ4n) is 2.49. The second kappa shape index (κ2) is 5.02. The first kappa shape index (κ1) is 14.2. The maximum Gasteiger partial charge on any atom is 0.391 e. The molecule has 0 spiro atoms. The van der Waals surface area contributed by atoms with Gasteiger partial charge in [0, 0.05) is 16.8 Å². The van der Waals surface area contributed by atoms with Gasteiger partial charge in [0.15, 0.2) is 0 Å². The van der Waals surface area contributed by atoms with E-state index in [0.29, 0.717) is 12.8 Å². The number of nitrogens with one attached hydrogen (secondary N) is 1. The lowest BCUT2D eigenvalue weighted by atomic mass is 9.81. The van der Waals surface area contributed by atoms with Crippen LogP contribution >= 0.6 is 15.9 Å². The van der Waals surface area contributed by atoms with E-state index in [-0.39, 0.29) is 30.2 Å². The zero-order valence-electron chi connectivity index (χ0n) is 10.0. The molecule has 1 N–H and O–H groups in total. The normalized spacial score (nSPS) is 30.9. The SMILES string of the molecule is O=C(NC1(CBr)CC1)C1CCC(C(F)(F)F)CC1. The average molecular weight is 328 g/mol. The lowest BCUT2D eigenvalue weighted by Gasteiger charge is -2.30. The fourth-order valence-corrected chi connectivity index (χ4v) is 3.19. The summed E-state index contributed by atoms with van der Waals surface area (Å²) in [7, 11) is 0. The monoisotopic (exact) mass is 327 g/mol. The number of halogens is 4. The second-order valence-corrected chi connectivity index (χ2v) is 6.05. The van der Waals surface area contributed by atoms with Gasteiger partial charge in [-0.3, -0.25) is 4.79 Å². The van der Waals surface area contributed by atoms with Gasteiger partial charge in [0.1, 0.15) is 0 Å². The summed E-state index contributed by atoms with van der Waals surface area (Å²) < 4.78 is 37.5. The highest BCUT2D eigenvalue weighted by Crippen LogP contribution is 2.41. The zero-order chi connectivity index (χ0) is 13.4. The summed E-state index contributed by atoms with van der Waals surface area (Å²) in [5.74, 6) is -1.51. The minimum absolute atomic E-state index is 0.0624. The maximum absolute atomic E-state index is 12.5. The van der Waals surface area contributed by atoms with Crippen molar-refractivity contribution in [2.75, 3.05) is 5.33 Å². The van der Waals surface area contributed by atoms with Gasteiger partial charge in [-0.05, 0) is 38.5 Å². The van der Waals surface area contributed by atoms with Crippen LogP contribution in [0.15, 0.2) is 0 Å². The molecule has 2 saturated carbocycles. The van der Waals surface area contributed by atoms with Gasteiger partial charge in [-0.2, -0.15) is 13.2 Å². The number of hydrogen-bond acceptors (Lipinski definition) is 1. The predicted molar refractivity (Wildman–Crippen MR) is 65.4 cm³/mol. The van der Waals surface area contributed by atoms with E-state index in [1.165, 1.54) is 0 Å². The molecule has 0 aromatic carbocycles. The number of carbonyl (C=O) groups is 1. The third-order valence-electron chi connectivity index (χ3n) is 4.06. The van der Waals surface area contributed by atoms with Gasteiger partial charge in [0.25, 0.3) is 0 Å². The van der Waals surface area contributed by atoms with Crippen molar-refractivity contribution in [1.29, 1.82) is 0 Å². The lowest BCUT2D eigenvalue weighted by molar-refractivity contribution is -0.184. The molecule has 0 heterocycles. The topological polar surface area (TPSA) is 29.1 Å². The molecule has 18 heavy (non-hydrogen) atoms. The van der Waals surface area contributed by atoms with Crippen LogP contribution in [0.25, 0.3) is 0 Å². The van der Waals surface area contributed by atoms with Crippen molar-refractivity contribution < 1.29 is 18.0 Å². The van der Waals surface area contributed by atoms with Crippen molar-refractivity contribution in [2.45, 2.75) is 50.2 Å². The maximum atomic E-state index is 12.5. The summed E-state index contributed by atoms with van der Waals surface area (Å²) in [5, 5.41) is 3.70. The number of alkyl halides is 4. The highest BCUT2D eigenvalue weighted by atomic mass is 79.9. The van der Waals surface area contributed by atoms with Crippen molar-refractivity contribution in [1.82, 2.24) is 5.32 Å². The Morgan fingerprint density at radius 1 is 1.22 bits per heavy atom. The highest BCUT2D eigenvalue weighted by molar-refractivity contribution is 9.09. The molecule has 104 valence electrons. The Hall–Kier alpha value is -0.260. The molecule has 0 atom stereocenters. The Balaban J connectivity index is 1.81. The first-order chi connectivity index (χ1) is 8.36. The minimum Gasteiger partial charge on any atom is -0.350 e. The molecule has 0 aliphatic heterocycles. The number of amides is 1. The van der Waals surface area contributed by atoms with Crippen molar-refractivity contribution in [3.63, 3.8) is 0 Å². The van der Waals surface area contributed by atoms with Crippen LogP contribution in [-0.4, -0.2) is 23.0 Å². The molecule has 0 saturated heterocycles. The fraction of sp³-hybridized carbons (Fsp3) is 0.917. The van der Waals surface area contributed by atoms with Crippen LogP contribution in [0.4, 0.5) is 13.2 Å². The molecule has 0 radical (unpaired) electrons. The van der Waals surface area contributed by atoms with Gasteiger partial charge < -0.3 is 5.32 Å². The Morgan fingerprint density at radius 3 is 2.17 bits per heavy atom. The Labute approximate surface area is 113 Å². The van der Waals surface area contributed by atoms with E-state index in [0.717, 1.165) is 18.2 Å². The predicted octanol–water partition coefficient (Wildman–Crippen LogP) is 3.40. The van der Waals surface area contributed by atoms with Crippen LogP contribution in [0.1, 0.15) is 38.5 Å². The molecule has 2 aliphatic carbocycles. The molecule has 2 nitrogen and oxygen atoms in total. The quantitative estimate of drug-likeness (QED) is 0.791. The summed E-state index contributed by atoms with van der Waals surface area (Å²) >= 11 is 3.36. The number of hydrogen-bond donors (Lipinski definition) is 1. The summed E-state index contributed by atoms with van der Waals surface area (Å²) in [5.41, 5.74) is -0.113. The van der Waals surface area contributed by atoms with E-state index in [1.54, 1.807) is 0 Å². The second-order valence-electron chi connectivity index (χ2n) is 5.49. The van der Waals surface area contributed by atoms with E-state index < -0.39 is 12.1 Å². The van der Waals surface area contributed by atoms with Crippen LogP contribution in [0.3, 0.4) is 0 Å². The van der Waals surface area contributed by atoms with Crippen LogP contribution < -0.4 is 5.32 Å². The Bertz CT molecular complexity index is 320. The minimum atomic E-state index is -4.10. The summed E-state index contributed by atoms with van der Waals surface area (Å²) in [4.78, 5) is 12.0. The summed E-state index contributed by atoms with van der Waals surface area (Å²) in [6.07, 6.45) is -1.30. The Kier molecular flexibility index (Phi) is 3.95. The molecule has 0 aromatic heterocycles. The molecule has 0 unspecified atom stereocenters. The van der Waals surface area contributed by atoms with Gasteiger partial charge in [0.2, 0.25) is 5.91 Å². The van der Waals surface area contributed by atoms with Gasteiger partial charge in [0.05, 0.1) is 5.92 Å². The van der Waals surface area contributed by atoms with Gasteiger partial charge in [-0.25, -0.2) is 0 Å². The zero-order valence-corrected chi connectivity index (χ0v) is 11.6.